The molecule has 138 valence electrons. The van der Waals surface area contributed by atoms with Crippen LogP contribution in [-0.4, -0.2) is 62.4 Å². The van der Waals surface area contributed by atoms with E-state index in [0.29, 0.717) is 18.8 Å². The second-order valence-corrected chi connectivity index (χ2v) is 6.33. The number of carbonyl (C=O) groups is 2. The molecule has 2 aromatic rings. The van der Waals surface area contributed by atoms with Crippen molar-refractivity contribution in [3.8, 4) is 5.69 Å². The zero-order valence-corrected chi connectivity index (χ0v) is 14.7. The zero-order chi connectivity index (χ0) is 18.5. The van der Waals surface area contributed by atoms with E-state index in [1.165, 1.54) is 6.33 Å². The number of benzene rings is 1. The summed E-state index contributed by atoms with van der Waals surface area (Å²) in [6.45, 7) is 3.28. The molecule has 8 heteroatoms. The van der Waals surface area contributed by atoms with Gasteiger partial charge in [-0.3, -0.25) is 9.59 Å². The van der Waals surface area contributed by atoms with Gasteiger partial charge < -0.3 is 14.7 Å². The van der Waals surface area contributed by atoms with Gasteiger partial charge in [-0.25, -0.2) is 9.67 Å². The maximum absolute atomic E-state index is 13.1. The molecule has 1 N–H and O–H groups in total. The van der Waals surface area contributed by atoms with Crippen LogP contribution in [0.4, 0.5) is 0 Å². The number of nitrogens with zero attached hydrogens (tertiary/aromatic N) is 4. The van der Waals surface area contributed by atoms with Gasteiger partial charge in [0.25, 0.3) is 5.91 Å². The molecular weight excluding hydrogens is 336 g/mol. The van der Waals surface area contributed by atoms with Gasteiger partial charge in [-0.1, -0.05) is 0 Å². The van der Waals surface area contributed by atoms with Crippen LogP contribution in [0.3, 0.4) is 0 Å². The van der Waals surface area contributed by atoms with Crippen LogP contribution in [0, 0.1) is 6.92 Å². The molecule has 1 aromatic heterocycles. The molecule has 1 fully saturated rings. The second kappa shape index (κ2) is 8.09. The van der Waals surface area contributed by atoms with E-state index in [0.717, 1.165) is 24.1 Å². The van der Waals surface area contributed by atoms with Crippen molar-refractivity contribution in [1.29, 1.82) is 0 Å². The van der Waals surface area contributed by atoms with E-state index < -0.39 is 5.97 Å². The fraction of sp³-hybridized carbons (Fsp3) is 0.444. The monoisotopic (exact) mass is 358 g/mol. The SMILES string of the molecule is Cc1cc(C(=O)N(CCC(=O)O)C2CCOCC2)ccc1-n1cncn1. The minimum absolute atomic E-state index is 0.00546. The first-order valence-corrected chi connectivity index (χ1v) is 8.62. The Labute approximate surface area is 151 Å². The van der Waals surface area contributed by atoms with Crippen molar-refractivity contribution in [3.63, 3.8) is 0 Å². The van der Waals surface area contributed by atoms with Crippen LogP contribution in [-0.2, 0) is 9.53 Å². The average molecular weight is 358 g/mol. The maximum atomic E-state index is 13.1. The Bertz CT molecular complexity index is 770. The number of aryl methyl sites for hydroxylation is 1. The fourth-order valence-corrected chi connectivity index (χ4v) is 3.21. The molecule has 0 saturated carbocycles. The maximum Gasteiger partial charge on any atom is 0.305 e. The Kier molecular flexibility index (Phi) is 5.62. The molecule has 3 rings (SSSR count). The number of aliphatic carboxylic acids is 1. The molecule has 0 spiro atoms. The molecule has 0 aliphatic carbocycles. The Hall–Kier alpha value is -2.74. The van der Waals surface area contributed by atoms with Crippen LogP contribution in [0.15, 0.2) is 30.9 Å². The first-order valence-electron chi connectivity index (χ1n) is 8.62. The zero-order valence-electron chi connectivity index (χ0n) is 14.7. The number of hydrogen-bond acceptors (Lipinski definition) is 5. The van der Waals surface area contributed by atoms with Crippen LogP contribution in [0.1, 0.15) is 35.2 Å². The summed E-state index contributed by atoms with van der Waals surface area (Å²) in [6.07, 6.45) is 4.43. The Morgan fingerprint density at radius 2 is 2.12 bits per heavy atom. The lowest BCUT2D eigenvalue weighted by Gasteiger charge is -2.34. The van der Waals surface area contributed by atoms with E-state index in [1.54, 1.807) is 22.0 Å². The standard InChI is InChI=1S/C18H22N4O4/c1-13-10-14(2-3-16(13)22-12-19-11-20-22)18(25)21(7-4-17(23)24)15-5-8-26-9-6-15/h2-3,10-12,15H,4-9H2,1H3,(H,23,24). The minimum Gasteiger partial charge on any atom is -0.481 e. The third-order valence-electron chi connectivity index (χ3n) is 4.57. The first kappa shape index (κ1) is 18.1. The smallest absolute Gasteiger partial charge is 0.305 e. The molecule has 1 saturated heterocycles. The second-order valence-electron chi connectivity index (χ2n) is 6.33. The highest BCUT2D eigenvalue weighted by Gasteiger charge is 2.27. The predicted octanol–water partition coefficient (Wildman–Crippen LogP) is 1.67. The number of hydrogen-bond donors (Lipinski definition) is 1. The largest absolute Gasteiger partial charge is 0.481 e. The lowest BCUT2D eigenvalue weighted by Crippen LogP contribution is -2.44. The Morgan fingerprint density at radius 3 is 2.73 bits per heavy atom. The molecule has 1 aliphatic rings. The lowest BCUT2D eigenvalue weighted by atomic mass is 10.0. The number of carbonyl (C=O) groups excluding carboxylic acids is 1. The van der Waals surface area contributed by atoms with Crippen molar-refractivity contribution < 1.29 is 19.4 Å². The molecule has 0 radical (unpaired) electrons. The van der Waals surface area contributed by atoms with E-state index in [4.69, 9.17) is 9.84 Å². The summed E-state index contributed by atoms with van der Waals surface area (Å²) in [5.41, 5.74) is 2.29. The van der Waals surface area contributed by atoms with Crippen molar-refractivity contribution in [2.24, 2.45) is 0 Å². The topological polar surface area (TPSA) is 97.6 Å². The highest BCUT2D eigenvalue weighted by molar-refractivity contribution is 5.95. The third kappa shape index (κ3) is 4.08. The first-order chi connectivity index (χ1) is 12.6. The van der Waals surface area contributed by atoms with Crippen LogP contribution >= 0.6 is 0 Å². The molecule has 0 atom stereocenters. The van der Waals surface area contributed by atoms with Crippen LogP contribution < -0.4 is 0 Å². The van der Waals surface area contributed by atoms with Gasteiger partial charge in [0, 0.05) is 31.4 Å². The molecule has 1 aromatic carbocycles. The van der Waals surface area contributed by atoms with Gasteiger partial charge in [-0.15, -0.1) is 0 Å². The number of ether oxygens (including phenoxy) is 1. The summed E-state index contributed by atoms with van der Waals surface area (Å²) in [6, 6.07) is 5.40. The van der Waals surface area contributed by atoms with E-state index in [2.05, 4.69) is 10.1 Å². The summed E-state index contributed by atoms with van der Waals surface area (Å²) >= 11 is 0. The number of aromatic nitrogens is 3. The van der Waals surface area contributed by atoms with Gasteiger partial charge in [0.05, 0.1) is 12.1 Å². The quantitative estimate of drug-likeness (QED) is 0.844. The average Bonchev–Trinajstić information content (AvgIpc) is 3.16. The van der Waals surface area contributed by atoms with Gasteiger partial charge in [0.1, 0.15) is 12.7 Å². The van der Waals surface area contributed by atoms with Crippen molar-refractivity contribution in [1.82, 2.24) is 19.7 Å². The van der Waals surface area contributed by atoms with E-state index in [1.807, 2.05) is 19.1 Å². The summed E-state index contributed by atoms with van der Waals surface area (Å²) in [5.74, 6) is -1.06. The van der Waals surface area contributed by atoms with Gasteiger partial charge in [-0.05, 0) is 43.5 Å². The molecule has 8 nitrogen and oxygen atoms in total. The Balaban J connectivity index is 1.83. The van der Waals surface area contributed by atoms with Gasteiger partial charge in [0.2, 0.25) is 0 Å². The number of rotatable bonds is 6. The normalized spacial score (nSPS) is 15.0. The van der Waals surface area contributed by atoms with E-state index in [9.17, 15) is 9.59 Å². The molecular formula is C18H22N4O4. The lowest BCUT2D eigenvalue weighted by molar-refractivity contribution is -0.137. The molecule has 0 unspecified atom stereocenters. The van der Waals surface area contributed by atoms with Crippen molar-refractivity contribution in [2.75, 3.05) is 19.8 Å². The van der Waals surface area contributed by atoms with Gasteiger partial charge >= 0.3 is 5.97 Å². The van der Waals surface area contributed by atoms with E-state index in [-0.39, 0.29) is 24.9 Å². The third-order valence-corrected chi connectivity index (χ3v) is 4.57. The number of carboxylic acid groups (broad SMARTS) is 1. The number of amides is 1. The predicted molar refractivity (Wildman–Crippen MR) is 93.2 cm³/mol. The fourth-order valence-electron chi connectivity index (χ4n) is 3.21. The molecule has 0 bridgehead atoms. The van der Waals surface area contributed by atoms with E-state index >= 15 is 0 Å². The van der Waals surface area contributed by atoms with Gasteiger partial charge in [-0.2, -0.15) is 5.10 Å². The molecule has 1 amide bonds. The molecule has 2 heterocycles. The van der Waals surface area contributed by atoms with Crippen molar-refractivity contribution in [2.45, 2.75) is 32.2 Å². The van der Waals surface area contributed by atoms with Crippen molar-refractivity contribution >= 4 is 11.9 Å². The minimum atomic E-state index is -0.910. The summed E-state index contributed by atoms with van der Waals surface area (Å²) in [7, 11) is 0. The molecule has 1 aliphatic heterocycles. The highest BCUT2D eigenvalue weighted by Crippen LogP contribution is 2.21. The van der Waals surface area contributed by atoms with Crippen molar-refractivity contribution in [3.05, 3.63) is 42.0 Å². The van der Waals surface area contributed by atoms with Crippen LogP contribution in [0.25, 0.3) is 5.69 Å². The highest BCUT2D eigenvalue weighted by atomic mass is 16.5. The summed E-state index contributed by atoms with van der Waals surface area (Å²) in [5, 5.41) is 13.1. The number of carboxylic acids is 1. The van der Waals surface area contributed by atoms with Crippen LogP contribution in [0.5, 0.6) is 0 Å². The summed E-state index contributed by atoms with van der Waals surface area (Å²) < 4.78 is 7.01. The summed E-state index contributed by atoms with van der Waals surface area (Å²) in [4.78, 5) is 29.7. The van der Waals surface area contributed by atoms with Crippen LogP contribution in [0.2, 0.25) is 0 Å². The Morgan fingerprint density at radius 1 is 1.35 bits per heavy atom. The van der Waals surface area contributed by atoms with Gasteiger partial charge in [0.15, 0.2) is 0 Å². The molecule has 26 heavy (non-hydrogen) atoms.